The Hall–Kier alpha value is -3.91. The van der Waals surface area contributed by atoms with Crippen molar-refractivity contribution in [3.63, 3.8) is 0 Å². The summed E-state index contributed by atoms with van der Waals surface area (Å²) in [5, 5.41) is 11.1. The Balaban J connectivity index is 1.76. The van der Waals surface area contributed by atoms with Crippen molar-refractivity contribution in [2.75, 3.05) is 4.90 Å². The number of aromatic nitrogens is 1. The number of rotatable bonds is 3. The molecule has 5 nitrogen and oxygen atoms in total. The molecule has 1 fully saturated rings. The average molecular weight is 448 g/mol. The number of nitrogens with zero attached hydrogens (tertiary/aromatic N) is 2. The molecule has 1 aliphatic heterocycles. The summed E-state index contributed by atoms with van der Waals surface area (Å²) >= 11 is 1.00. The molecule has 0 unspecified atom stereocenters. The van der Waals surface area contributed by atoms with Crippen LogP contribution in [0.15, 0.2) is 78.4 Å². The predicted molar refractivity (Wildman–Crippen MR) is 117 cm³/mol. The van der Waals surface area contributed by atoms with Gasteiger partial charge < -0.3 is 5.11 Å². The van der Waals surface area contributed by atoms with Crippen LogP contribution in [-0.4, -0.2) is 21.8 Å². The van der Waals surface area contributed by atoms with Gasteiger partial charge in [-0.05, 0) is 24.3 Å². The molecule has 0 radical (unpaired) electrons. The number of fused-ring (bicyclic) bond motifs is 1. The number of amides is 1. The van der Waals surface area contributed by atoms with Gasteiger partial charge in [0.05, 0.1) is 15.8 Å². The van der Waals surface area contributed by atoms with Crippen molar-refractivity contribution >= 4 is 44.1 Å². The first kappa shape index (κ1) is 20.0. The first-order chi connectivity index (χ1) is 15.5. The number of anilines is 1. The molecule has 1 atom stereocenters. The summed E-state index contributed by atoms with van der Waals surface area (Å²) in [6, 6.07) is 16.7. The Labute approximate surface area is 184 Å². The minimum absolute atomic E-state index is 0.0367. The van der Waals surface area contributed by atoms with E-state index < -0.39 is 35.1 Å². The molecule has 5 rings (SSSR count). The molecule has 3 aromatic carbocycles. The number of benzene rings is 3. The van der Waals surface area contributed by atoms with Crippen LogP contribution in [0.4, 0.5) is 13.9 Å². The Morgan fingerprint density at radius 3 is 2.44 bits per heavy atom. The van der Waals surface area contributed by atoms with Crippen LogP contribution >= 0.6 is 11.3 Å². The van der Waals surface area contributed by atoms with Crippen molar-refractivity contribution < 1.29 is 23.5 Å². The van der Waals surface area contributed by atoms with E-state index in [1.807, 2.05) is 0 Å². The summed E-state index contributed by atoms with van der Waals surface area (Å²) in [6.07, 6.45) is 0. The molecule has 1 amide bonds. The number of thiazole rings is 1. The fourth-order valence-corrected chi connectivity index (χ4v) is 4.78. The molecule has 8 heteroatoms. The lowest BCUT2D eigenvalue weighted by molar-refractivity contribution is -0.132. The second-order valence-corrected chi connectivity index (χ2v) is 8.17. The highest BCUT2D eigenvalue weighted by Gasteiger charge is 2.49. The summed E-state index contributed by atoms with van der Waals surface area (Å²) in [4.78, 5) is 31.6. The van der Waals surface area contributed by atoms with Crippen LogP contribution in [-0.2, 0) is 9.59 Å². The number of Topliss-reactive ketones (excluding diaryl/α,β-unsaturated/α-hetero) is 1. The van der Waals surface area contributed by atoms with Crippen LogP contribution in [0.5, 0.6) is 0 Å². The molecule has 1 aromatic heterocycles. The van der Waals surface area contributed by atoms with E-state index in [4.69, 9.17) is 0 Å². The highest BCUT2D eigenvalue weighted by atomic mass is 32.1. The van der Waals surface area contributed by atoms with Crippen LogP contribution < -0.4 is 4.90 Å². The van der Waals surface area contributed by atoms with Crippen LogP contribution in [0.2, 0.25) is 0 Å². The van der Waals surface area contributed by atoms with E-state index in [1.54, 1.807) is 36.4 Å². The molecular formula is C24H14F2N2O3S. The largest absolute Gasteiger partial charge is 0.507 e. The van der Waals surface area contributed by atoms with E-state index in [1.165, 1.54) is 36.4 Å². The number of hydrogen-bond donors (Lipinski definition) is 1. The van der Waals surface area contributed by atoms with Crippen molar-refractivity contribution in [1.82, 2.24) is 4.98 Å². The fourth-order valence-electron chi connectivity index (χ4n) is 3.76. The third-order valence-electron chi connectivity index (χ3n) is 5.24. The van der Waals surface area contributed by atoms with Gasteiger partial charge in [-0.25, -0.2) is 13.8 Å². The number of aliphatic hydroxyl groups is 1. The standard InChI is InChI=1S/C24H14F2N2O3S/c25-14-10-11-17-18(12-14)32-24(27-17)28-20(15-8-4-5-9-16(15)26)19(22(30)23(28)31)21(29)13-6-2-1-3-7-13/h1-12,20,29H/t20-/m1/s1. The summed E-state index contributed by atoms with van der Waals surface area (Å²) in [5.74, 6) is -3.42. The maximum Gasteiger partial charge on any atom is 0.301 e. The molecule has 2 heterocycles. The Morgan fingerprint density at radius 2 is 1.69 bits per heavy atom. The normalized spacial score (nSPS) is 17.9. The minimum atomic E-state index is -1.23. The summed E-state index contributed by atoms with van der Waals surface area (Å²) < 4.78 is 29.0. The third kappa shape index (κ3) is 3.16. The van der Waals surface area contributed by atoms with Crippen molar-refractivity contribution in [1.29, 1.82) is 0 Å². The molecule has 0 aliphatic carbocycles. The van der Waals surface area contributed by atoms with Gasteiger partial charge in [-0.3, -0.25) is 14.5 Å². The van der Waals surface area contributed by atoms with E-state index in [-0.39, 0.29) is 16.3 Å². The first-order valence-corrected chi connectivity index (χ1v) is 10.4. The van der Waals surface area contributed by atoms with Crippen LogP contribution in [0.1, 0.15) is 17.2 Å². The number of hydrogen-bond acceptors (Lipinski definition) is 5. The van der Waals surface area contributed by atoms with Gasteiger partial charge in [0.1, 0.15) is 23.4 Å². The van der Waals surface area contributed by atoms with Crippen LogP contribution in [0.3, 0.4) is 0 Å². The van der Waals surface area contributed by atoms with E-state index in [9.17, 15) is 23.5 Å². The van der Waals surface area contributed by atoms with Crippen molar-refractivity contribution in [3.8, 4) is 0 Å². The van der Waals surface area contributed by atoms with Crippen LogP contribution in [0.25, 0.3) is 16.0 Å². The highest BCUT2D eigenvalue weighted by molar-refractivity contribution is 7.22. The molecule has 158 valence electrons. The van der Waals surface area contributed by atoms with Gasteiger partial charge in [-0.1, -0.05) is 59.9 Å². The zero-order valence-corrected chi connectivity index (χ0v) is 17.1. The molecule has 1 N–H and O–H groups in total. The lowest BCUT2D eigenvalue weighted by atomic mass is 9.95. The molecule has 4 aromatic rings. The first-order valence-electron chi connectivity index (χ1n) is 9.62. The third-order valence-corrected chi connectivity index (χ3v) is 6.25. The minimum Gasteiger partial charge on any atom is -0.507 e. The number of aliphatic hydroxyl groups excluding tert-OH is 1. The SMILES string of the molecule is O=C1C(=O)N(c2nc3ccc(F)cc3s2)[C@H](c2ccccc2F)C1=C(O)c1ccccc1. The summed E-state index contributed by atoms with van der Waals surface area (Å²) in [5.41, 5.74) is 0.549. The maximum atomic E-state index is 14.9. The Kier molecular flexibility index (Phi) is 4.79. The number of carbonyl (C=O) groups is 2. The fraction of sp³-hybridized carbons (Fsp3) is 0.0417. The van der Waals surface area contributed by atoms with Gasteiger partial charge in [0.25, 0.3) is 5.78 Å². The van der Waals surface area contributed by atoms with E-state index in [0.717, 1.165) is 16.2 Å². The maximum absolute atomic E-state index is 14.9. The quantitative estimate of drug-likeness (QED) is 0.266. The molecule has 0 spiro atoms. The predicted octanol–water partition coefficient (Wildman–Crippen LogP) is 5.20. The molecule has 0 saturated carbocycles. The van der Waals surface area contributed by atoms with Gasteiger partial charge in [0.15, 0.2) is 5.13 Å². The van der Waals surface area contributed by atoms with Gasteiger partial charge in [-0.2, -0.15) is 0 Å². The van der Waals surface area contributed by atoms with Gasteiger partial charge >= 0.3 is 5.91 Å². The number of halogens is 2. The molecule has 1 aliphatic rings. The molecule has 0 bridgehead atoms. The van der Waals surface area contributed by atoms with Crippen molar-refractivity contribution in [2.24, 2.45) is 0 Å². The Bertz CT molecular complexity index is 1420. The summed E-state index contributed by atoms with van der Waals surface area (Å²) in [6.45, 7) is 0. The molecular weight excluding hydrogens is 434 g/mol. The van der Waals surface area contributed by atoms with Gasteiger partial charge in [0, 0.05) is 11.1 Å². The lowest BCUT2D eigenvalue weighted by Crippen LogP contribution is -2.29. The van der Waals surface area contributed by atoms with E-state index >= 15 is 0 Å². The smallest absolute Gasteiger partial charge is 0.301 e. The van der Waals surface area contributed by atoms with Crippen molar-refractivity contribution in [2.45, 2.75) is 6.04 Å². The zero-order valence-electron chi connectivity index (χ0n) is 16.3. The molecule has 1 saturated heterocycles. The second kappa shape index (κ2) is 7.65. The average Bonchev–Trinajstić information content (AvgIpc) is 3.32. The van der Waals surface area contributed by atoms with Crippen molar-refractivity contribution in [3.05, 3.63) is 101 Å². The molecule has 32 heavy (non-hydrogen) atoms. The van der Waals surface area contributed by atoms with Gasteiger partial charge in [0.2, 0.25) is 0 Å². The highest BCUT2D eigenvalue weighted by Crippen LogP contribution is 2.44. The number of ketones is 1. The second-order valence-electron chi connectivity index (χ2n) is 7.17. The van der Waals surface area contributed by atoms with E-state index in [2.05, 4.69) is 4.98 Å². The Morgan fingerprint density at radius 1 is 0.969 bits per heavy atom. The monoisotopic (exact) mass is 448 g/mol. The van der Waals surface area contributed by atoms with Gasteiger partial charge in [-0.15, -0.1) is 0 Å². The number of carbonyl (C=O) groups excluding carboxylic acids is 2. The van der Waals surface area contributed by atoms with Crippen LogP contribution in [0, 0.1) is 11.6 Å². The topological polar surface area (TPSA) is 70.5 Å². The van der Waals surface area contributed by atoms with E-state index in [0.29, 0.717) is 15.8 Å². The summed E-state index contributed by atoms with van der Waals surface area (Å²) in [7, 11) is 0. The lowest BCUT2D eigenvalue weighted by Gasteiger charge is -2.23. The zero-order chi connectivity index (χ0) is 22.4.